The number of rotatable bonds is 5. The Morgan fingerprint density at radius 1 is 1.44 bits per heavy atom. The van der Waals surface area contributed by atoms with E-state index in [9.17, 15) is 4.79 Å². The van der Waals surface area contributed by atoms with Crippen molar-refractivity contribution in [3.8, 4) is 6.07 Å². The van der Waals surface area contributed by atoms with Gasteiger partial charge in [-0.05, 0) is 39.2 Å². The number of carbonyl (C=O) groups excluding carboxylic acids is 1. The minimum absolute atomic E-state index is 0.0338. The van der Waals surface area contributed by atoms with Crippen molar-refractivity contribution < 1.29 is 4.79 Å². The summed E-state index contributed by atoms with van der Waals surface area (Å²) in [4.78, 5) is 15.7. The van der Waals surface area contributed by atoms with Crippen molar-refractivity contribution in [2.75, 3.05) is 20.6 Å². The molecule has 1 saturated carbocycles. The van der Waals surface area contributed by atoms with E-state index in [1.54, 1.807) is 14.0 Å². The Bertz CT molecular complexity index is 323. The normalized spacial score (nSPS) is 24.9. The highest BCUT2D eigenvalue weighted by atomic mass is 16.2. The van der Waals surface area contributed by atoms with E-state index in [0.29, 0.717) is 12.6 Å². The Morgan fingerprint density at radius 2 is 2.11 bits per heavy atom. The van der Waals surface area contributed by atoms with Gasteiger partial charge in [0.1, 0.15) is 6.04 Å². The summed E-state index contributed by atoms with van der Waals surface area (Å²) in [7, 11) is 3.72. The Morgan fingerprint density at radius 3 is 2.61 bits per heavy atom. The summed E-state index contributed by atoms with van der Waals surface area (Å²) in [5.74, 6) is 0.856. The molecule has 18 heavy (non-hydrogen) atoms. The van der Waals surface area contributed by atoms with Crippen LogP contribution in [0.4, 0.5) is 0 Å². The number of nitrogens with zero attached hydrogens (tertiary/aromatic N) is 3. The molecule has 1 fully saturated rings. The first-order valence-corrected chi connectivity index (χ1v) is 6.85. The summed E-state index contributed by atoms with van der Waals surface area (Å²) in [6.45, 7) is 4.41. The summed E-state index contributed by atoms with van der Waals surface area (Å²) in [6, 6.07) is 2.27. The molecule has 3 atom stereocenters. The van der Waals surface area contributed by atoms with Gasteiger partial charge in [0.25, 0.3) is 0 Å². The quantitative estimate of drug-likeness (QED) is 0.749. The number of likely N-dealkylation sites (N-methyl/N-ethyl adjacent to an activating group) is 2. The zero-order valence-electron chi connectivity index (χ0n) is 12.0. The van der Waals surface area contributed by atoms with Gasteiger partial charge in [-0.1, -0.05) is 13.3 Å². The third-order valence-electron chi connectivity index (χ3n) is 4.26. The smallest absolute Gasteiger partial charge is 0.237 e. The van der Waals surface area contributed by atoms with Crippen molar-refractivity contribution in [2.24, 2.45) is 5.92 Å². The summed E-state index contributed by atoms with van der Waals surface area (Å²) in [6.07, 6.45) is 4.92. The van der Waals surface area contributed by atoms with E-state index in [2.05, 4.69) is 17.9 Å². The number of hydrogen-bond acceptors (Lipinski definition) is 3. The molecule has 0 saturated heterocycles. The molecule has 1 aliphatic carbocycles. The van der Waals surface area contributed by atoms with Crippen LogP contribution in [0.25, 0.3) is 0 Å². The van der Waals surface area contributed by atoms with Crippen LogP contribution < -0.4 is 0 Å². The molecule has 0 aromatic carbocycles. The first-order chi connectivity index (χ1) is 8.49. The van der Waals surface area contributed by atoms with Crippen molar-refractivity contribution in [3.63, 3.8) is 0 Å². The summed E-state index contributed by atoms with van der Waals surface area (Å²) in [5, 5.41) is 8.81. The molecular formula is C14H25N3O. The maximum absolute atomic E-state index is 12.0. The highest BCUT2D eigenvalue weighted by Crippen LogP contribution is 2.30. The number of carbonyl (C=O) groups is 1. The van der Waals surface area contributed by atoms with Gasteiger partial charge in [-0.15, -0.1) is 0 Å². The second kappa shape index (κ2) is 6.75. The van der Waals surface area contributed by atoms with Crippen LogP contribution in [0.5, 0.6) is 0 Å². The third-order valence-corrected chi connectivity index (χ3v) is 4.26. The van der Waals surface area contributed by atoms with Crippen LogP contribution in [0.1, 0.15) is 39.5 Å². The predicted octanol–water partition coefficient (Wildman–Crippen LogP) is 1.87. The minimum Gasteiger partial charge on any atom is -0.329 e. The molecule has 0 spiro atoms. The first-order valence-electron chi connectivity index (χ1n) is 6.85. The lowest BCUT2D eigenvalue weighted by atomic mass is 10.1. The SMILES string of the molecule is CCC1CCC(N(C)CC(=O)N(C)[C@@H](C)C#N)C1. The van der Waals surface area contributed by atoms with Crippen LogP contribution in [0.2, 0.25) is 0 Å². The van der Waals surface area contributed by atoms with Gasteiger partial charge in [-0.3, -0.25) is 9.69 Å². The standard InChI is InChI=1S/C14H25N3O/c1-5-12-6-7-13(8-12)16(3)10-14(18)17(4)11(2)9-15/h11-13H,5-8,10H2,1-4H3/t11-,12?,13?/m0/s1. The Balaban J connectivity index is 2.43. The van der Waals surface area contributed by atoms with E-state index in [1.807, 2.05) is 7.05 Å². The molecule has 1 aliphatic rings. The second-order valence-electron chi connectivity index (χ2n) is 5.47. The second-order valence-corrected chi connectivity index (χ2v) is 5.47. The van der Waals surface area contributed by atoms with Crippen molar-refractivity contribution in [1.29, 1.82) is 5.26 Å². The molecular weight excluding hydrogens is 226 g/mol. The zero-order chi connectivity index (χ0) is 13.7. The van der Waals surface area contributed by atoms with E-state index in [-0.39, 0.29) is 11.9 Å². The van der Waals surface area contributed by atoms with Gasteiger partial charge in [-0.25, -0.2) is 0 Å². The number of nitriles is 1. The molecule has 0 bridgehead atoms. The molecule has 0 aromatic rings. The molecule has 0 radical (unpaired) electrons. The lowest BCUT2D eigenvalue weighted by molar-refractivity contribution is -0.132. The first kappa shape index (κ1) is 15.0. The van der Waals surface area contributed by atoms with Crippen LogP contribution in [-0.4, -0.2) is 48.4 Å². The van der Waals surface area contributed by atoms with Gasteiger partial charge in [-0.2, -0.15) is 5.26 Å². The zero-order valence-corrected chi connectivity index (χ0v) is 12.0. The molecule has 2 unspecified atom stereocenters. The fourth-order valence-corrected chi connectivity index (χ4v) is 2.58. The fraction of sp³-hybridized carbons (Fsp3) is 0.857. The Labute approximate surface area is 111 Å². The van der Waals surface area contributed by atoms with Crippen LogP contribution in [-0.2, 0) is 4.79 Å². The average molecular weight is 251 g/mol. The lowest BCUT2D eigenvalue weighted by Gasteiger charge is -2.27. The lowest BCUT2D eigenvalue weighted by Crippen LogP contribution is -2.43. The van der Waals surface area contributed by atoms with Crippen molar-refractivity contribution >= 4 is 5.91 Å². The van der Waals surface area contributed by atoms with Gasteiger partial charge < -0.3 is 4.90 Å². The fourth-order valence-electron chi connectivity index (χ4n) is 2.58. The van der Waals surface area contributed by atoms with Crippen LogP contribution in [0.15, 0.2) is 0 Å². The van der Waals surface area contributed by atoms with Crippen molar-refractivity contribution in [2.45, 2.75) is 51.6 Å². The molecule has 0 N–H and O–H groups in total. The molecule has 0 aromatic heterocycles. The Hall–Kier alpha value is -1.08. The molecule has 4 nitrogen and oxygen atoms in total. The highest BCUT2D eigenvalue weighted by Gasteiger charge is 2.28. The van der Waals surface area contributed by atoms with Crippen molar-refractivity contribution in [3.05, 3.63) is 0 Å². The molecule has 0 aliphatic heterocycles. The van der Waals surface area contributed by atoms with Crippen molar-refractivity contribution in [1.82, 2.24) is 9.80 Å². The van der Waals surface area contributed by atoms with E-state index >= 15 is 0 Å². The summed E-state index contributed by atoms with van der Waals surface area (Å²) < 4.78 is 0. The van der Waals surface area contributed by atoms with E-state index in [1.165, 1.54) is 30.6 Å². The highest BCUT2D eigenvalue weighted by molar-refractivity contribution is 5.78. The average Bonchev–Trinajstić information content (AvgIpc) is 2.85. The predicted molar refractivity (Wildman–Crippen MR) is 71.9 cm³/mol. The van der Waals surface area contributed by atoms with Gasteiger partial charge in [0.15, 0.2) is 0 Å². The van der Waals surface area contributed by atoms with Gasteiger partial charge in [0.05, 0.1) is 12.6 Å². The van der Waals surface area contributed by atoms with Gasteiger partial charge in [0, 0.05) is 13.1 Å². The molecule has 1 amide bonds. The molecule has 4 heteroatoms. The van der Waals surface area contributed by atoms with Crippen LogP contribution in [0, 0.1) is 17.2 Å². The minimum atomic E-state index is -0.349. The monoisotopic (exact) mass is 251 g/mol. The van der Waals surface area contributed by atoms with Gasteiger partial charge >= 0.3 is 0 Å². The maximum Gasteiger partial charge on any atom is 0.237 e. The molecule has 1 rings (SSSR count). The largest absolute Gasteiger partial charge is 0.329 e. The molecule has 102 valence electrons. The summed E-state index contributed by atoms with van der Waals surface area (Å²) in [5.41, 5.74) is 0. The van der Waals surface area contributed by atoms with Gasteiger partial charge in [0.2, 0.25) is 5.91 Å². The van der Waals surface area contributed by atoms with E-state index in [0.717, 1.165) is 5.92 Å². The summed E-state index contributed by atoms with van der Waals surface area (Å²) >= 11 is 0. The number of amides is 1. The molecule has 0 heterocycles. The van der Waals surface area contributed by atoms with E-state index < -0.39 is 0 Å². The number of hydrogen-bond donors (Lipinski definition) is 0. The van der Waals surface area contributed by atoms with E-state index in [4.69, 9.17) is 5.26 Å². The van der Waals surface area contributed by atoms with Crippen LogP contribution >= 0.6 is 0 Å². The third kappa shape index (κ3) is 3.71. The van der Waals surface area contributed by atoms with Crippen LogP contribution in [0.3, 0.4) is 0 Å². The Kier molecular flexibility index (Phi) is 5.61. The maximum atomic E-state index is 12.0. The topological polar surface area (TPSA) is 47.3 Å².